The third-order valence-corrected chi connectivity index (χ3v) is 6.21. The van der Waals surface area contributed by atoms with E-state index in [1.54, 1.807) is 0 Å². The molecule has 1 aromatic carbocycles. The number of allylic oxidation sites excluding steroid dienone is 2. The Balaban J connectivity index is 1.71. The van der Waals surface area contributed by atoms with Crippen molar-refractivity contribution in [2.75, 3.05) is 20.1 Å². The third kappa shape index (κ3) is 4.18. The van der Waals surface area contributed by atoms with Crippen LogP contribution in [0.3, 0.4) is 0 Å². The second-order valence-electron chi connectivity index (χ2n) is 8.18. The van der Waals surface area contributed by atoms with Crippen LogP contribution in [0.4, 0.5) is 13.2 Å². The highest BCUT2D eigenvalue weighted by Gasteiger charge is 2.38. The van der Waals surface area contributed by atoms with Crippen LogP contribution >= 0.6 is 0 Å². The van der Waals surface area contributed by atoms with E-state index in [2.05, 4.69) is 51.1 Å². The number of piperidine rings is 1. The molecule has 4 rings (SSSR count). The summed E-state index contributed by atoms with van der Waals surface area (Å²) in [5.41, 5.74) is 5.15. The molecule has 2 aliphatic heterocycles. The summed E-state index contributed by atoms with van der Waals surface area (Å²) in [6.07, 6.45) is 0.187. The monoisotopic (exact) mass is 428 g/mol. The van der Waals surface area contributed by atoms with Gasteiger partial charge in [-0.15, -0.1) is 0 Å². The molecule has 1 fully saturated rings. The first-order valence-electron chi connectivity index (χ1n) is 10.7. The summed E-state index contributed by atoms with van der Waals surface area (Å²) in [5, 5.41) is 1.15. The Morgan fingerprint density at radius 3 is 2.77 bits per heavy atom. The molecule has 164 valence electrons. The molecule has 7 heteroatoms. The van der Waals surface area contributed by atoms with E-state index in [4.69, 9.17) is 0 Å². The number of halogens is 3. The van der Waals surface area contributed by atoms with Crippen LogP contribution in [0.2, 0.25) is 0 Å². The van der Waals surface area contributed by atoms with Gasteiger partial charge in [-0.25, -0.2) is 4.99 Å². The molecule has 1 atom stereocenters. The number of aromatic amines is 1. The van der Waals surface area contributed by atoms with E-state index in [9.17, 15) is 13.2 Å². The Kier molecular flexibility index (Phi) is 5.77. The second kappa shape index (κ2) is 8.36. The topological polar surface area (TPSA) is 43.8 Å². The molecule has 1 N–H and O–H groups in total. The van der Waals surface area contributed by atoms with Gasteiger partial charge >= 0.3 is 6.18 Å². The van der Waals surface area contributed by atoms with Crippen molar-refractivity contribution in [1.29, 1.82) is 0 Å². The van der Waals surface area contributed by atoms with Gasteiger partial charge in [-0.3, -0.25) is 4.99 Å². The van der Waals surface area contributed by atoms with Crippen molar-refractivity contribution in [3.63, 3.8) is 0 Å². The summed E-state index contributed by atoms with van der Waals surface area (Å²) in [4.78, 5) is 14.1. The SMILES string of the molecule is CC/C(=C1/CN(C2=NC=C(C(F)(F)F)CC2C)CC/C1=N/C)c1ccc2[nH]ccc2c1. The number of nitrogens with zero attached hydrogens (tertiary/aromatic N) is 3. The summed E-state index contributed by atoms with van der Waals surface area (Å²) < 4.78 is 39.3. The van der Waals surface area contributed by atoms with Gasteiger partial charge in [0.1, 0.15) is 5.84 Å². The molecule has 1 saturated heterocycles. The zero-order valence-corrected chi connectivity index (χ0v) is 18.1. The van der Waals surface area contributed by atoms with E-state index in [1.165, 1.54) is 5.57 Å². The lowest BCUT2D eigenvalue weighted by molar-refractivity contribution is -0.0951. The molecule has 0 radical (unpaired) electrons. The predicted molar refractivity (Wildman–Crippen MR) is 120 cm³/mol. The maximum atomic E-state index is 13.1. The number of benzene rings is 1. The molecule has 0 spiro atoms. The molecular formula is C24H27F3N4. The van der Waals surface area contributed by atoms with Crippen molar-refractivity contribution in [2.45, 2.75) is 39.3 Å². The highest BCUT2D eigenvalue weighted by atomic mass is 19.4. The first-order valence-corrected chi connectivity index (χ1v) is 10.7. The summed E-state index contributed by atoms with van der Waals surface area (Å²) in [6.45, 7) is 5.28. The molecule has 0 bridgehead atoms. The van der Waals surface area contributed by atoms with E-state index >= 15 is 0 Å². The molecule has 31 heavy (non-hydrogen) atoms. The molecule has 2 aromatic rings. The fraction of sp³-hybridized carbons (Fsp3) is 0.417. The van der Waals surface area contributed by atoms with Gasteiger partial charge in [-0.05, 0) is 53.1 Å². The number of aromatic nitrogens is 1. The Bertz CT molecular complexity index is 1100. The van der Waals surface area contributed by atoms with Crippen LogP contribution in [0.15, 0.2) is 57.8 Å². The normalized spacial score (nSPS) is 23.2. The predicted octanol–water partition coefficient (Wildman–Crippen LogP) is 5.99. The number of rotatable bonds is 2. The van der Waals surface area contributed by atoms with Crippen LogP contribution in [-0.4, -0.2) is 47.7 Å². The fourth-order valence-electron chi connectivity index (χ4n) is 4.62. The second-order valence-corrected chi connectivity index (χ2v) is 8.18. The Labute approximate surface area is 180 Å². The first kappa shape index (κ1) is 21.4. The highest BCUT2D eigenvalue weighted by Crippen LogP contribution is 2.35. The lowest BCUT2D eigenvalue weighted by Gasteiger charge is -2.37. The Morgan fingerprint density at radius 1 is 1.29 bits per heavy atom. The van der Waals surface area contributed by atoms with Crippen molar-refractivity contribution in [3.8, 4) is 0 Å². The average molecular weight is 429 g/mol. The molecular weight excluding hydrogens is 401 g/mol. The van der Waals surface area contributed by atoms with Gasteiger partial charge in [-0.2, -0.15) is 13.2 Å². The molecule has 0 aliphatic carbocycles. The van der Waals surface area contributed by atoms with Crippen LogP contribution in [0.5, 0.6) is 0 Å². The number of alkyl halides is 3. The maximum absolute atomic E-state index is 13.1. The molecule has 0 saturated carbocycles. The van der Waals surface area contributed by atoms with E-state index < -0.39 is 11.7 Å². The third-order valence-electron chi connectivity index (χ3n) is 6.21. The number of hydrogen-bond acceptors (Lipinski definition) is 3. The van der Waals surface area contributed by atoms with Crippen molar-refractivity contribution >= 4 is 28.0 Å². The highest BCUT2D eigenvalue weighted by molar-refractivity contribution is 6.08. The van der Waals surface area contributed by atoms with E-state index in [0.29, 0.717) is 13.1 Å². The first-order chi connectivity index (χ1) is 14.8. The smallest absolute Gasteiger partial charge is 0.361 e. The summed E-state index contributed by atoms with van der Waals surface area (Å²) in [6, 6.07) is 8.45. The van der Waals surface area contributed by atoms with Crippen molar-refractivity contribution in [2.24, 2.45) is 15.9 Å². The lowest BCUT2D eigenvalue weighted by atomic mass is 9.89. The van der Waals surface area contributed by atoms with E-state index in [0.717, 1.165) is 52.6 Å². The van der Waals surface area contributed by atoms with Gasteiger partial charge < -0.3 is 9.88 Å². The molecule has 4 nitrogen and oxygen atoms in total. The van der Waals surface area contributed by atoms with Gasteiger partial charge in [0.15, 0.2) is 0 Å². The molecule has 3 heterocycles. The summed E-state index contributed by atoms with van der Waals surface area (Å²) in [7, 11) is 1.81. The standard InChI is InChI=1S/C24H27F3N4/c1-4-19(16-5-6-21-17(12-16)7-9-29-21)20-14-31(10-8-22(20)28-3)23-15(2)11-18(13-30-23)24(25,26)27/h5-7,9,12-13,15,29H,4,8,10-11,14H2,1-3H3/b20-19+,28-22-. The minimum absolute atomic E-state index is 0.0304. The van der Waals surface area contributed by atoms with E-state index in [-0.39, 0.29) is 12.3 Å². The average Bonchev–Trinajstić information content (AvgIpc) is 3.21. The summed E-state index contributed by atoms with van der Waals surface area (Å²) in [5.74, 6) is 0.460. The number of amidine groups is 1. The molecule has 1 unspecified atom stereocenters. The van der Waals surface area contributed by atoms with Crippen molar-refractivity contribution < 1.29 is 13.2 Å². The number of aliphatic imine (C=N–C) groups is 2. The molecule has 1 aromatic heterocycles. The largest absolute Gasteiger partial charge is 0.414 e. The quantitative estimate of drug-likeness (QED) is 0.627. The maximum Gasteiger partial charge on any atom is 0.414 e. The Hall–Kier alpha value is -2.83. The van der Waals surface area contributed by atoms with Crippen molar-refractivity contribution in [1.82, 2.24) is 9.88 Å². The number of H-pyrrole nitrogens is 1. The zero-order valence-electron chi connectivity index (χ0n) is 18.1. The van der Waals surface area contributed by atoms with Crippen LogP contribution in [0, 0.1) is 5.92 Å². The minimum atomic E-state index is -4.31. The van der Waals surface area contributed by atoms with Crippen LogP contribution in [0.1, 0.15) is 38.7 Å². The van der Waals surface area contributed by atoms with Gasteiger partial charge in [-0.1, -0.05) is 19.9 Å². The fourth-order valence-corrected chi connectivity index (χ4v) is 4.62. The lowest BCUT2D eigenvalue weighted by Crippen LogP contribution is -2.44. The van der Waals surface area contributed by atoms with Gasteiger partial charge in [0.05, 0.1) is 5.57 Å². The summed E-state index contributed by atoms with van der Waals surface area (Å²) >= 11 is 0. The zero-order chi connectivity index (χ0) is 22.2. The van der Waals surface area contributed by atoms with Gasteiger partial charge in [0, 0.05) is 56.1 Å². The van der Waals surface area contributed by atoms with Crippen LogP contribution in [0.25, 0.3) is 16.5 Å². The van der Waals surface area contributed by atoms with Gasteiger partial charge in [0.2, 0.25) is 0 Å². The Morgan fingerprint density at radius 2 is 2.10 bits per heavy atom. The number of hydrogen-bond donors (Lipinski definition) is 1. The van der Waals surface area contributed by atoms with E-state index in [1.807, 2.05) is 20.2 Å². The van der Waals surface area contributed by atoms with Crippen molar-refractivity contribution in [3.05, 3.63) is 53.4 Å². The number of fused-ring (bicyclic) bond motifs is 1. The molecule has 2 aliphatic rings. The van der Waals surface area contributed by atoms with Crippen LogP contribution < -0.4 is 0 Å². The number of nitrogens with one attached hydrogen (secondary N) is 1. The van der Waals surface area contributed by atoms with Gasteiger partial charge in [0.25, 0.3) is 0 Å². The van der Waals surface area contributed by atoms with Crippen LogP contribution in [-0.2, 0) is 0 Å². The minimum Gasteiger partial charge on any atom is -0.361 e. The number of likely N-dealkylation sites (tertiary alicyclic amines) is 1. The molecule has 0 amide bonds.